The van der Waals surface area contributed by atoms with Crippen LogP contribution in [0.4, 0.5) is 13.2 Å². The number of carboxylic acid groups (broad SMARTS) is 1. The van der Waals surface area contributed by atoms with Crippen molar-refractivity contribution in [2.75, 3.05) is 32.7 Å². The molecule has 5 nitrogen and oxygen atoms in total. The molecule has 5 N–H and O–H groups in total. The fourth-order valence-electron chi connectivity index (χ4n) is 2.38. The molecule has 0 rings (SSSR count). The van der Waals surface area contributed by atoms with Crippen molar-refractivity contribution < 1.29 is 23.1 Å². The van der Waals surface area contributed by atoms with Gasteiger partial charge in [0.05, 0.1) is 0 Å². The number of hydrogen-bond donors (Lipinski definition) is 4. The fourth-order valence-corrected chi connectivity index (χ4v) is 2.38. The zero-order chi connectivity index (χ0) is 20.8. The third kappa shape index (κ3) is 27.5. The van der Waals surface area contributed by atoms with Crippen molar-refractivity contribution in [3.8, 4) is 0 Å². The van der Waals surface area contributed by atoms with Crippen LogP contribution in [0.15, 0.2) is 0 Å². The summed E-state index contributed by atoms with van der Waals surface area (Å²) in [7, 11) is 0. The van der Waals surface area contributed by atoms with Crippen LogP contribution in [0.1, 0.15) is 77.6 Å². The van der Waals surface area contributed by atoms with E-state index in [1.54, 1.807) is 0 Å². The molecule has 0 amide bonds. The minimum absolute atomic E-state index is 0.860. The Hall–Kier alpha value is -0.860. The normalized spacial score (nSPS) is 11.1. The molecule has 0 fully saturated rings. The van der Waals surface area contributed by atoms with Crippen molar-refractivity contribution in [2.45, 2.75) is 83.7 Å². The minimum Gasteiger partial charge on any atom is -0.475 e. The van der Waals surface area contributed by atoms with Crippen LogP contribution in [0.25, 0.3) is 0 Å². The second-order valence-corrected chi connectivity index (χ2v) is 6.63. The van der Waals surface area contributed by atoms with Crippen molar-refractivity contribution >= 4 is 5.97 Å². The summed E-state index contributed by atoms with van der Waals surface area (Å²) in [5.74, 6) is -2.76. The van der Waals surface area contributed by atoms with E-state index in [-0.39, 0.29) is 0 Å². The van der Waals surface area contributed by atoms with Gasteiger partial charge in [-0.25, -0.2) is 4.79 Å². The average molecular weight is 400 g/mol. The molecule has 0 saturated heterocycles. The van der Waals surface area contributed by atoms with Gasteiger partial charge in [-0.3, -0.25) is 0 Å². The Morgan fingerprint density at radius 2 is 1.11 bits per heavy atom. The number of rotatable bonds is 17. The highest BCUT2D eigenvalue weighted by Gasteiger charge is 2.38. The molecular formula is C19H40F3N3O2. The van der Waals surface area contributed by atoms with Gasteiger partial charge in [-0.2, -0.15) is 13.2 Å². The topological polar surface area (TPSA) is 87.4 Å². The van der Waals surface area contributed by atoms with Gasteiger partial charge in [0.2, 0.25) is 0 Å². The molecule has 0 unspecified atom stereocenters. The summed E-state index contributed by atoms with van der Waals surface area (Å²) in [5.41, 5.74) is 5.48. The van der Waals surface area contributed by atoms with E-state index in [4.69, 9.17) is 15.6 Å². The van der Waals surface area contributed by atoms with Gasteiger partial charge in [0.1, 0.15) is 0 Å². The van der Waals surface area contributed by atoms with Crippen molar-refractivity contribution in [3.05, 3.63) is 0 Å². The molecule has 0 spiro atoms. The summed E-state index contributed by atoms with van der Waals surface area (Å²) in [6, 6.07) is 0. The molecule has 27 heavy (non-hydrogen) atoms. The van der Waals surface area contributed by atoms with Gasteiger partial charge in [0.25, 0.3) is 0 Å². The predicted molar refractivity (Wildman–Crippen MR) is 105 cm³/mol. The Bertz CT molecular complexity index is 299. The van der Waals surface area contributed by atoms with Crippen LogP contribution >= 0.6 is 0 Å². The monoisotopic (exact) mass is 399 g/mol. The molecule has 0 aliphatic rings. The van der Waals surface area contributed by atoms with Crippen LogP contribution in [0.3, 0.4) is 0 Å². The van der Waals surface area contributed by atoms with Gasteiger partial charge in [-0.1, -0.05) is 45.4 Å². The first-order chi connectivity index (χ1) is 12.9. The highest BCUT2D eigenvalue weighted by Crippen LogP contribution is 2.13. The maximum absolute atomic E-state index is 10.6. The molecule has 0 radical (unpaired) electrons. The zero-order valence-electron chi connectivity index (χ0n) is 16.9. The number of unbranched alkanes of at least 4 members (excludes halogenated alkanes) is 8. The average Bonchev–Trinajstić information content (AvgIpc) is 2.61. The molecule has 0 saturated carbocycles. The Morgan fingerprint density at radius 1 is 0.778 bits per heavy atom. The molecular weight excluding hydrogens is 359 g/mol. The van der Waals surface area contributed by atoms with Crippen molar-refractivity contribution in [1.82, 2.24) is 10.6 Å². The van der Waals surface area contributed by atoms with Crippen LogP contribution in [-0.4, -0.2) is 50.0 Å². The molecule has 0 aromatic heterocycles. The fraction of sp³-hybridized carbons (Fsp3) is 0.947. The SMILES string of the molecule is CCCNCCCCCNCCCCCCCCCN.O=C(O)C(F)(F)F. The van der Waals surface area contributed by atoms with E-state index in [0.717, 1.165) is 6.54 Å². The highest BCUT2D eigenvalue weighted by atomic mass is 19.4. The smallest absolute Gasteiger partial charge is 0.475 e. The number of aliphatic carboxylic acids is 1. The summed E-state index contributed by atoms with van der Waals surface area (Å²) >= 11 is 0. The number of carbonyl (C=O) groups is 1. The van der Waals surface area contributed by atoms with Crippen LogP contribution in [0, 0.1) is 0 Å². The quantitative estimate of drug-likeness (QED) is 0.277. The van der Waals surface area contributed by atoms with Crippen molar-refractivity contribution in [3.63, 3.8) is 0 Å². The van der Waals surface area contributed by atoms with Gasteiger partial charge < -0.3 is 21.5 Å². The molecule has 0 atom stereocenters. The van der Waals surface area contributed by atoms with Gasteiger partial charge in [0.15, 0.2) is 0 Å². The summed E-state index contributed by atoms with van der Waals surface area (Å²) in [4.78, 5) is 8.90. The van der Waals surface area contributed by atoms with E-state index >= 15 is 0 Å². The van der Waals surface area contributed by atoms with Crippen LogP contribution in [0.2, 0.25) is 0 Å². The van der Waals surface area contributed by atoms with Crippen LogP contribution < -0.4 is 16.4 Å². The third-order valence-corrected chi connectivity index (χ3v) is 3.93. The summed E-state index contributed by atoms with van der Waals surface area (Å²) in [5, 5.41) is 14.1. The summed E-state index contributed by atoms with van der Waals surface area (Å²) < 4.78 is 31.7. The number of nitrogens with one attached hydrogen (secondary N) is 2. The maximum Gasteiger partial charge on any atom is 0.490 e. The van der Waals surface area contributed by atoms with E-state index in [1.165, 1.54) is 96.8 Å². The number of hydrogen-bond acceptors (Lipinski definition) is 4. The summed E-state index contributed by atoms with van der Waals surface area (Å²) in [6.07, 6.45) is 9.58. The maximum atomic E-state index is 10.6. The standard InChI is InChI=1S/C17H39N3.C2HF3O2/c1-2-14-19-15-11-8-12-17-20-16-10-7-5-3-4-6-9-13-18;3-2(4,5)1(6)7/h19-20H,2-18H2,1H3;(H,6,7). The van der Waals surface area contributed by atoms with Crippen LogP contribution in [0.5, 0.6) is 0 Å². The first kappa shape index (κ1) is 28.4. The Balaban J connectivity index is 0. The third-order valence-electron chi connectivity index (χ3n) is 3.93. The molecule has 164 valence electrons. The zero-order valence-corrected chi connectivity index (χ0v) is 16.9. The van der Waals surface area contributed by atoms with Gasteiger partial charge in [0, 0.05) is 0 Å². The first-order valence-electron chi connectivity index (χ1n) is 10.3. The lowest BCUT2D eigenvalue weighted by Crippen LogP contribution is -2.21. The number of halogens is 3. The molecule has 8 heteroatoms. The van der Waals surface area contributed by atoms with Crippen molar-refractivity contribution in [2.24, 2.45) is 5.73 Å². The molecule has 0 aromatic carbocycles. The van der Waals surface area contributed by atoms with E-state index < -0.39 is 12.1 Å². The number of nitrogens with two attached hydrogens (primary N) is 1. The lowest BCUT2D eigenvalue weighted by molar-refractivity contribution is -0.192. The van der Waals surface area contributed by atoms with Crippen LogP contribution in [-0.2, 0) is 4.79 Å². The van der Waals surface area contributed by atoms with Gasteiger partial charge >= 0.3 is 12.1 Å². The first-order valence-corrected chi connectivity index (χ1v) is 10.3. The van der Waals surface area contributed by atoms with Crippen molar-refractivity contribution in [1.29, 1.82) is 0 Å². The molecule has 0 aromatic rings. The number of alkyl halides is 3. The molecule has 0 bridgehead atoms. The minimum atomic E-state index is -5.08. The predicted octanol–water partition coefficient (Wildman–Crippen LogP) is 4.07. The Kier molecular flexibility index (Phi) is 22.5. The number of carboxylic acids is 1. The molecule has 0 aliphatic heterocycles. The van der Waals surface area contributed by atoms with E-state index in [1.807, 2.05) is 0 Å². The lowest BCUT2D eigenvalue weighted by atomic mass is 10.1. The van der Waals surface area contributed by atoms with E-state index in [9.17, 15) is 13.2 Å². The largest absolute Gasteiger partial charge is 0.490 e. The second kappa shape index (κ2) is 21.4. The van der Waals surface area contributed by atoms with Gasteiger partial charge in [-0.15, -0.1) is 0 Å². The Morgan fingerprint density at radius 3 is 1.48 bits per heavy atom. The summed E-state index contributed by atoms with van der Waals surface area (Å²) in [6.45, 7) is 7.85. The Labute approximate surface area is 162 Å². The van der Waals surface area contributed by atoms with E-state index in [2.05, 4.69) is 17.6 Å². The highest BCUT2D eigenvalue weighted by molar-refractivity contribution is 5.73. The lowest BCUT2D eigenvalue weighted by Gasteiger charge is -2.05. The van der Waals surface area contributed by atoms with E-state index in [0.29, 0.717) is 0 Å². The molecule has 0 aliphatic carbocycles. The molecule has 0 heterocycles. The second-order valence-electron chi connectivity index (χ2n) is 6.63. The van der Waals surface area contributed by atoms with Gasteiger partial charge in [-0.05, 0) is 64.8 Å².